The monoisotopic (exact) mass is 169 g/mol. The van der Waals surface area contributed by atoms with E-state index in [4.69, 9.17) is 4.74 Å². The Labute approximate surface area is 75.2 Å². The van der Waals surface area contributed by atoms with E-state index in [0.717, 1.165) is 32.7 Å². The maximum absolute atomic E-state index is 5.50. The van der Waals surface area contributed by atoms with Crippen LogP contribution in [0.5, 0.6) is 0 Å². The van der Waals surface area contributed by atoms with Gasteiger partial charge in [-0.3, -0.25) is 0 Å². The van der Waals surface area contributed by atoms with E-state index in [1.807, 2.05) is 0 Å². The molecule has 1 fully saturated rings. The summed E-state index contributed by atoms with van der Waals surface area (Å²) in [5.74, 6) is 0. The van der Waals surface area contributed by atoms with E-state index in [1.54, 1.807) is 0 Å². The van der Waals surface area contributed by atoms with Gasteiger partial charge in [0.25, 0.3) is 0 Å². The summed E-state index contributed by atoms with van der Waals surface area (Å²) in [7, 11) is 0. The molecule has 0 aromatic heterocycles. The van der Waals surface area contributed by atoms with E-state index >= 15 is 0 Å². The van der Waals surface area contributed by atoms with Crippen LogP contribution in [0.15, 0.2) is 11.3 Å². The smallest absolute Gasteiger partial charge is 0.0863 e. The van der Waals surface area contributed by atoms with Crippen molar-refractivity contribution in [1.29, 1.82) is 0 Å². The SMILES string of the molecule is CCN1CCCOCC1=C(C)C. The first-order valence-electron chi connectivity index (χ1n) is 4.74. The van der Waals surface area contributed by atoms with Gasteiger partial charge in [-0.2, -0.15) is 0 Å². The lowest BCUT2D eigenvalue weighted by Gasteiger charge is -2.24. The molecule has 0 N–H and O–H groups in total. The van der Waals surface area contributed by atoms with Crippen molar-refractivity contribution in [3.63, 3.8) is 0 Å². The highest BCUT2D eigenvalue weighted by molar-refractivity contribution is 5.10. The molecule has 0 radical (unpaired) electrons. The minimum atomic E-state index is 0.802. The lowest BCUT2D eigenvalue weighted by molar-refractivity contribution is 0.161. The summed E-state index contributed by atoms with van der Waals surface area (Å²) in [6.45, 7) is 10.5. The van der Waals surface area contributed by atoms with Crippen LogP contribution in [0, 0.1) is 0 Å². The van der Waals surface area contributed by atoms with E-state index in [-0.39, 0.29) is 0 Å². The molecule has 2 nitrogen and oxygen atoms in total. The molecule has 1 aliphatic heterocycles. The van der Waals surface area contributed by atoms with E-state index < -0.39 is 0 Å². The Morgan fingerprint density at radius 1 is 1.50 bits per heavy atom. The fraction of sp³-hybridized carbons (Fsp3) is 0.800. The van der Waals surface area contributed by atoms with Gasteiger partial charge in [-0.1, -0.05) is 5.57 Å². The Morgan fingerprint density at radius 3 is 2.83 bits per heavy atom. The lowest BCUT2D eigenvalue weighted by Crippen LogP contribution is -2.24. The second-order valence-electron chi connectivity index (χ2n) is 3.43. The lowest BCUT2D eigenvalue weighted by atomic mass is 10.2. The first-order chi connectivity index (χ1) is 5.75. The van der Waals surface area contributed by atoms with E-state index in [2.05, 4.69) is 25.7 Å². The van der Waals surface area contributed by atoms with Crippen molar-refractivity contribution < 1.29 is 4.74 Å². The fourth-order valence-electron chi connectivity index (χ4n) is 1.56. The van der Waals surface area contributed by atoms with Crippen molar-refractivity contribution in [2.45, 2.75) is 27.2 Å². The van der Waals surface area contributed by atoms with Gasteiger partial charge >= 0.3 is 0 Å². The van der Waals surface area contributed by atoms with Crippen LogP contribution in [0.4, 0.5) is 0 Å². The Morgan fingerprint density at radius 2 is 2.25 bits per heavy atom. The van der Waals surface area contributed by atoms with Gasteiger partial charge in [0.2, 0.25) is 0 Å². The average Bonchev–Trinajstić information content (AvgIpc) is 2.27. The van der Waals surface area contributed by atoms with Crippen molar-refractivity contribution in [2.24, 2.45) is 0 Å². The minimum absolute atomic E-state index is 0.802. The molecule has 0 bridgehead atoms. The van der Waals surface area contributed by atoms with Crippen LogP contribution in [0.25, 0.3) is 0 Å². The minimum Gasteiger partial charge on any atom is -0.375 e. The zero-order chi connectivity index (χ0) is 8.97. The number of ether oxygens (including phenoxy) is 1. The van der Waals surface area contributed by atoms with Crippen molar-refractivity contribution in [3.8, 4) is 0 Å². The van der Waals surface area contributed by atoms with E-state index in [9.17, 15) is 0 Å². The number of hydrogen-bond donors (Lipinski definition) is 0. The molecule has 1 aliphatic rings. The molecule has 70 valence electrons. The van der Waals surface area contributed by atoms with Gasteiger partial charge in [-0.15, -0.1) is 0 Å². The average molecular weight is 169 g/mol. The Hall–Kier alpha value is -0.500. The number of likely N-dealkylation sites (N-methyl/N-ethyl adjacent to an activating group) is 1. The molecule has 0 spiro atoms. The zero-order valence-corrected chi connectivity index (χ0v) is 8.39. The largest absolute Gasteiger partial charge is 0.375 e. The highest BCUT2D eigenvalue weighted by atomic mass is 16.5. The standard InChI is InChI=1S/C10H19NO/c1-4-11-6-5-7-12-8-10(11)9(2)3/h4-8H2,1-3H3. The van der Waals surface area contributed by atoms with Crippen molar-refractivity contribution in [2.75, 3.05) is 26.3 Å². The third-order valence-corrected chi connectivity index (χ3v) is 2.30. The van der Waals surface area contributed by atoms with Gasteiger partial charge in [-0.05, 0) is 27.2 Å². The summed E-state index contributed by atoms with van der Waals surface area (Å²) in [5, 5.41) is 0. The number of nitrogens with zero attached hydrogens (tertiary/aromatic N) is 1. The molecule has 1 rings (SSSR count). The first kappa shape index (κ1) is 9.59. The number of rotatable bonds is 1. The molecule has 0 unspecified atom stereocenters. The zero-order valence-electron chi connectivity index (χ0n) is 8.39. The Balaban J connectivity index is 2.71. The van der Waals surface area contributed by atoms with Crippen molar-refractivity contribution in [1.82, 2.24) is 4.90 Å². The molecule has 0 aliphatic carbocycles. The molecular formula is C10H19NO. The topological polar surface area (TPSA) is 12.5 Å². The highest BCUT2D eigenvalue weighted by Crippen LogP contribution is 2.14. The summed E-state index contributed by atoms with van der Waals surface area (Å²) in [5.41, 5.74) is 2.77. The van der Waals surface area contributed by atoms with Gasteiger partial charge in [0, 0.05) is 25.4 Å². The van der Waals surface area contributed by atoms with Crippen molar-refractivity contribution in [3.05, 3.63) is 11.3 Å². The molecule has 1 saturated heterocycles. The quantitative estimate of drug-likeness (QED) is 0.595. The van der Waals surface area contributed by atoms with Gasteiger partial charge in [-0.25, -0.2) is 0 Å². The van der Waals surface area contributed by atoms with Gasteiger partial charge in [0.1, 0.15) is 0 Å². The second-order valence-corrected chi connectivity index (χ2v) is 3.43. The van der Waals surface area contributed by atoms with E-state index in [0.29, 0.717) is 0 Å². The van der Waals surface area contributed by atoms with Gasteiger partial charge in [0.15, 0.2) is 0 Å². The van der Waals surface area contributed by atoms with Crippen LogP contribution in [-0.4, -0.2) is 31.2 Å². The maximum Gasteiger partial charge on any atom is 0.0863 e. The number of allylic oxidation sites excluding steroid dienone is 1. The Kier molecular flexibility index (Phi) is 3.60. The molecule has 2 heteroatoms. The molecule has 0 aromatic rings. The Bertz CT molecular complexity index is 171. The predicted octanol–water partition coefficient (Wildman–Crippen LogP) is 2.02. The molecule has 1 heterocycles. The molecule has 12 heavy (non-hydrogen) atoms. The van der Waals surface area contributed by atoms with Crippen LogP contribution in [0.2, 0.25) is 0 Å². The predicted molar refractivity (Wildman–Crippen MR) is 51.1 cm³/mol. The summed E-state index contributed by atoms with van der Waals surface area (Å²) >= 11 is 0. The maximum atomic E-state index is 5.50. The van der Waals surface area contributed by atoms with Gasteiger partial charge in [0.05, 0.1) is 6.61 Å². The summed E-state index contributed by atoms with van der Waals surface area (Å²) in [6.07, 6.45) is 1.16. The second kappa shape index (κ2) is 4.51. The van der Waals surface area contributed by atoms with Crippen molar-refractivity contribution >= 4 is 0 Å². The molecule has 0 amide bonds. The molecular weight excluding hydrogens is 150 g/mol. The third kappa shape index (κ3) is 2.24. The normalized spacial score (nSPS) is 19.2. The third-order valence-electron chi connectivity index (χ3n) is 2.30. The van der Waals surface area contributed by atoms with Crippen LogP contribution in [-0.2, 0) is 4.74 Å². The molecule has 0 aromatic carbocycles. The van der Waals surface area contributed by atoms with Crippen LogP contribution in [0.3, 0.4) is 0 Å². The summed E-state index contributed by atoms with van der Waals surface area (Å²) in [4.78, 5) is 2.42. The molecule has 0 atom stereocenters. The van der Waals surface area contributed by atoms with Crippen LogP contribution < -0.4 is 0 Å². The van der Waals surface area contributed by atoms with Crippen LogP contribution in [0.1, 0.15) is 27.2 Å². The summed E-state index contributed by atoms with van der Waals surface area (Å²) in [6, 6.07) is 0. The molecule has 0 saturated carbocycles. The van der Waals surface area contributed by atoms with E-state index in [1.165, 1.54) is 11.3 Å². The first-order valence-corrected chi connectivity index (χ1v) is 4.74. The fourth-order valence-corrected chi connectivity index (χ4v) is 1.56. The summed E-state index contributed by atoms with van der Waals surface area (Å²) < 4.78 is 5.50. The number of hydrogen-bond acceptors (Lipinski definition) is 2. The van der Waals surface area contributed by atoms with Crippen LogP contribution >= 0.6 is 0 Å². The van der Waals surface area contributed by atoms with Gasteiger partial charge < -0.3 is 9.64 Å². The highest BCUT2D eigenvalue weighted by Gasteiger charge is 2.12.